The number of hydrogen-bond acceptors (Lipinski definition) is 3. The van der Waals surface area contributed by atoms with Crippen molar-refractivity contribution in [1.82, 2.24) is 10.2 Å². The lowest BCUT2D eigenvalue weighted by Crippen LogP contribution is -2.45. The van der Waals surface area contributed by atoms with Crippen LogP contribution in [0.5, 0.6) is 0 Å². The summed E-state index contributed by atoms with van der Waals surface area (Å²) in [5.74, 6) is 0.0163. The number of nitrogens with one attached hydrogen (secondary N) is 1. The molecule has 0 spiro atoms. The zero-order valence-corrected chi connectivity index (χ0v) is 17.2. The zero-order chi connectivity index (χ0) is 18.5. The van der Waals surface area contributed by atoms with E-state index in [1.807, 2.05) is 48.2 Å². The Labute approximate surface area is 166 Å². The molecule has 1 aliphatic rings. The van der Waals surface area contributed by atoms with E-state index in [1.54, 1.807) is 0 Å². The highest BCUT2D eigenvalue weighted by Crippen LogP contribution is 2.30. The van der Waals surface area contributed by atoms with Crippen LogP contribution in [-0.4, -0.2) is 36.3 Å². The Morgan fingerprint density at radius 1 is 1.23 bits per heavy atom. The van der Waals surface area contributed by atoms with E-state index in [1.165, 1.54) is 11.3 Å². The summed E-state index contributed by atoms with van der Waals surface area (Å²) in [6, 6.07) is 12.0. The van der Waals surface area contributed by atoms with E-state index in [0.717, 1.165) is 45.6 Å². The SMILES string of the molecule is CCCNC(=O)C1CCCN(C(=O)c2ccc(-c3ccc(Br)cc3)s2)C1. The number of carbonyl (C=O) groups excluding carboxylic acids is 2. The molecule has 1 aromatic carbocycles. The van der Waals surface area contributed by atoms with Gasteiger partial charge in [0.15, 0.2) is 0 Å². The number of hydrogen-bond donors (Lipinski definition) is 1. The van der Waals surface area contributed by atoms with Gasteiger partial charge in [0.05, 0.1) is 10.8 Å². The maximum Gasteiger partial charge on any atom is 0.263 e. The van der Waals surface area contributed by atoms with Crippen LogP contribution in [0.4, 0.5) is 0 Å². The minimum atomic E-state index is -0.0924. The smallest absolute Gasteiger partial charge is 0.263 e. The Morgan fingerprint density at radius 3 is 2.73 bits per heavy atom. The fourth-order valence-electron chi connectivity index (χ4n) is 3.15. The van der Waals surface area contributed by atoms with Crippen LogP contribution in [0.15, 0.2) is 40.9 Å². The van der Waals surface area contributed by atoms with Crippen LogP contribution >= 0.6 is 27.3 Å². The molecule has 0 radical (unpaired) electrons. The Balaban J connectivity index is 1.67. The Hall–Kier alpha value is -1.66. The van der Waals surface area contributed by atoms with Gasteiger partial charge in [-0.3, -0.25) is 9.59 Å². The molecule has 1 saturated heterocycles. The number of halogens is 1. The van der Waals surface area contributed by atoms with Crippen LogP contribution in [0.2, 0.25) is 0 Å². The van der Waals surface area contributed by atoms with Crippen molar-refractivity contribution in [2.24, 2.45) is 5.92 Å². The van der Waals surface area contributed by atoms with Gasteiger partial charge < -0.3 is 10.2 Å². The first kappa shape index (κ1) is 19.1. The van der Waals surface area contributed by atoms with Crippen molar-refractivity contribution in [3.05, 3.63) is 45.7 Å². The maximum absolute atomic E-state index is 12.9. The van der Waals surface area contributed by atoms with Crippen LogP contribution in [0.3, 0.4) is 0 Å². The molecule has 0 aliphatic carbocycles. The molecule has 1 aliphatic heterocycles. The highest BCUT2D eigenvalue weighted by molar-refractivity contribution is 9.10. The zero-order valence-electron chi connectivity index (χ0n) is 14.8. The first-order valence-corrected chi connectivity index (χ1v) is 10.6. The molecular formula is C20H23BrN2O2S. The molecule has 1 fully saturated rings. The fourth-order valence-corrected chi connectivity index (χ4v) is 4.39. The van der Waals surface area contributed by atoms with Crippen molar-refractivity contribution >= 4 is 39.1 Å². The summed E-state index contributed by atoms with van der Waals surface area (Å²) >= 11 is 4.95. The van der Waals surface area contributed by atoms with Crippen molar-refractivity contribution < 1.29 is 9.59 Å². The number of thiophene rings is 1. The van der Waals surface area contributed by atoms with Crippen LogP contribution in [-0.2, 0) is 4.79 Å². The standard InChI is InChI=1S/C20H23BrN2O2S/c1-2-11-22-19(24)15-4-3-12-23(13-15)20(25)18-10-9-17(26-18)14-5-7-16(21)8-6-14/h5-10,15H,2-4,11-13H2,1H3,(H,22,24). The van der Waals surface area contributed by atoms with Crippen molar-refractivity contribution in [2.75, 3.05) is 19.6 Å². The van der Waals surface area contributed by atoms with Crippen molar-refractivity contribution in [3.63, 3.8) is 0 Å². The number of piperidine rings is 1. The van der Waals surface area contributed by atoms with Gasteiger partial charge in [-0.05, 0) is 49.1 Å². The third-order valence-electron chi connectivity index (χ3n) is 4.57. The van der Waals surface area contributed by atoms with Crippen LogP contribution < -0.4 is 5.32 Å². The van der Waals surface area contributed by atoms with Crippen molar-refractivity contribution in [3.8, 4) is 10.4 Å². The van der Waals surface area contributed by atoms with Gasteiger partial charge in [-0.15, -0.1) is 11.3 Å². The van der Waals surface area contributed by atoms with Gasteiger partial charge in [0, 0.05) is 29.0 Å². The molecule has 2 aromatic rings. The molecular weight excluding hydrogens is 412 g/mol. The Kier molecular flexibility index (Phi) is 6.48. The maximum atomic E-state index is 12.9. The monoisotopic (exact) mass is 434 g/mol. The Bertz CT molecular complexity index is 772. The lowest BCUT2D eigenvalue weighted by Gasteiger charge is -2.31. The van der Waals surface area contributed by atoms with Crippen LogP contribution in [0, 0.1) is 5.92 Å². The lowest BCUT2D eigenvalue weighted by atomic mass is 9.97. The highest BCUT2D eigenvalue weighted by atomic mass is 79.9. The van der Waals surface area contributed by atoms with Crippen molar-refractivity contribution in [2.45, 2.75) is 26.2 Å². The van der Waals surface area contributed by atoms with Gasteiger partial charge in [-0.1, -0.05) is 35.0 Å². The fraction of sp³-hybridized carbons (Fsp3) is 0.400. The predicted octanol–water partition coefficient (Wildman–Crippen LogP) is 4.56. The number of amides is 2. The van der Waals surface area contributed by atoms with E-state index in [-0.39, 0.29) is 17.7 Å². The third-order valence-corrected chi connectivity index (χ3v) is 6.23. The molecule has 1 atom stereocenters. The van der Waals surface area contributed by atoms with Gasteiger partial charge in [0.2, 0.25) is 5.91 Å². The molecule has 1 N–H and O–H groups in total. The number of benzene rings is 1. The molecule has 0 saturated carbocycles. The number of carbonyl (C=O) groups is 2. The van der Waals surface area contributed by atoms with Gasteiger partial charge in [-0.25, -0.2) is 0 Å². The molecule has 1 unspecified atom stereocenters. The van der Waals surface area contributed by atoms with Gasteiger partial charge >= 0.3 is 0 Å². The second-order valence-electron chi connectivity index (χ2n) is 6.55. The van der Waals surface area contributed by atoms with Gasteiger partial charge in [0.1, 0.15) is 0 Å². The predicted molar refractivity (Wildman–Crippen MR) is 109 cm³/mol. The van der Waals surface area contributed by atoms with E-state index >= 15 is 0 Å². The summed E-state index contributed by atoms with van der Waals surface area (Å²) in [6.45, 7) is 3.98. The molecule has 4 nitrogen and oxygen atoms in total. The normalized spacial score (nSPS) is 17.2. The molecule has 26 heavy (non-hydrogen) atoms. The summed E-state index contributed by atoms with van der Waals surface area (Å²) in [5, 5.41) is 2.95. The topological polar surface area (TPSA) is 49.4 Å². The summed E-state index contributed by atoms with van der Waals surface area (Å²) in [7, 11) is 0. The molecule has 138 valence electrons. The summed E-state index contributed by atoms with van der Waals surface area (Å²) in [5.41, 5.74) is 1.10. The first-order valence-electron chi connectivity index (χ1n) is 9.01. The van der Waals surface area contributed by atoms with Crippen LogP contribution in [0.1, 0.15) is 35.9 Å². The molecule has 1 aromatic heterocycles. The first-order chi connectivity index (χ1) is 12.6. The Morgan fingerprint density at radius 2 is 2.00 bits per heavy atom. The summed E-state index contributed by atoms with van der Waals surface area (Å²) in [6.07, 6.45) is 2.66. The second-order valence-corrected chi connectivity index (χ2v) is 8.55. The van der Waals surface area contributed by atoms with Crippen LogP contribution in [0.25, 0.3) is 10.4 Å². The van der Waals surface area contributed by atoms with E-state index in [0.29, 0.717) is 13.1 Å². The summed E-state index contributed by atoms with van der Waals surface area (Å²) < 4.78 is 1.04. The average molecular weight is 435 g/mol. The third kappa shape index (κ3) is 4.54. The average Bonchev–Trinajstić information content (AvgIpc) is 3.16. The molecule has 2 heterocycles. The van der Waals surface area contributed by atoms with E-state index in [9.17, 15) is 9.59 Å². The number of rotatable bonds is 5. The van der Waals surface area contributed by atoms with E-state index in [4.69, 9.17) is 0 Å². The van der Waals surface area contributed by atoms with Gasteiger partial charge in [0.25, 0.3) is 5.91 Å². The van der Waals surface area contributed by atoms with E-state index in [2.05, 4.69) is 21.2 Å². The lowest BCUT2D eigenvalue weighted by molar-refractivity contribution is -0.126. The molecule has 6 heteroatoms. The number of nitrogens with zero attached hydrogens (tertiary/aromatic N) is 1. The van der Waals surface area contributed by atoms with Gasteiger partial charge in [-0.2, -0.15) is 0 Å². The second kappa shape index (κ2) is 8.82. The molecule has 0 bridgehead atoms. The molecule has 2 amide bonds. The van der Waals surface area contributed by atoms with E-state index < -0.39 is 0 Å². The molecule has 3 rings (SSSR count). The van der Waals surface area contributed by atoms with Crippen molar-refractivity contribution in [1.29, 1.82) is 0 Å². The summed E-state index contributed by atoms with van der Waals surface area (Å²) in [4.78, 5) is 28.7. The quantitative estimate of drug-likeness (QED) is 0.749. The largest absolute Gasteiger partial charge is 0.356 e. The minimum absolute atomic E-state index is 0.0337. The highest BCUT2D eigenvalue weighted by Gasteiger charge is 2.29. The minimum Gasteiger partial charge on any atom is -0.356 e. The number of likely N-dealkylation sites (tertiary alicyclic amines) is 1.